The maximum absolute atomic E-state index is 13.3. The second-order valence-electron chi connectivity index (χ2n) is 6.28. The predicted molar refractivity (Wildman–Crippen MR) is 97.0 cm³/mol. The van der Waals surface area contributed by atoms with Crippen LogP contribution in [0.4, 0.5) is 14.5 Å². The Bertz CT molecular complexity index is 927. The van der Waals surface area contributed by atoms with Gasteiger partial charge in [0.2, 0.25) is 0 Å². The number of benzene rings is 2. The Morgan fingerprint density at radius 2 is 1.81 bits per heavy atom. The van der Waals surface area contributed by atoms with Gasteiger partial charge in [0.25, 0.3) is 15.9 Å². The normalized spacial score (nSPS) is 17.3. The standard InChI is InChI=1S/C18H19F2N3O3S/c19-16-8-7-15(10-17(16)20)27(25,26)23-13-5-3-12(4-6-13)18(24)22-14-2-1-9-21-11-14/h3-8,10,14,21,23H,1-2,9,11H2,(H,22,24)/t14-/m0/s1. The molecule has 2 aromatic carbocycles. The number of carbonyl (C=O) groups is 1. The first-order chi connectivity index (χ1) is 12.8. The Balaban J connectivity index is 1.67. The van der Waals surface area contributed by atoms with E-state index in [0.717, 1.165) is 38.1 Å². The summed E-state index contributed by atoms with van der Waals surface area (Å²) in [6.45, 7) is 1.66. The van der Waals surface area contributed by atoms with Crippen LogP contribution in [0.25, 0.3) is 0 Å². The van der Waals surface area contributed by atoms with Crippen LogP contribution in [0.2, 0.25) is 0 Å². The number of anilines is 1. The minimum Gasteiger partial charge on any atom is -0.348 e. The summed E-state index contributed by atoms with van der Waals surface area (Å²) >= 11 is 0. The first kappa shape index (κ1) is 19.2. The van der Waals surface area contributed by atoms with Crippen molar-refractivity contribution in [3.05, 3.63) is 59.7 Å². The van der Waals surface area contributed by atoms with Crippen molar-refractivity contribution in [3.63, 3.8) is 0 Å². The molecule has 0 aliphatic carbocycles. The molecule has 1 aliphatic heterocycles. The predicted octanol–water partition coefficient (Wildman–Crippen LogP) is 2.25. The third-order valence-electron chi connectivity index (χ3n) is 4.23. The third-order valence-corrected chi connectivity index (χ3v) is 5.61. The molecule has 0 saturated carbocycles. The van der Waals surface area contributed by atoms with Crippen molar-refractivity contribution in [2.45, 2.75) is 23.8 Å². The van der Waals surface area contributed by atoms with E-state index in [0.29, 0.717) is 11.6 Å². The van der Waals surface area contributed by atoms with E-state index in [-0.39, 0.29) is 17.6 Å². The first-order valence-corrected chi connectivity index (χ1v) is 9.93. The van der Waals surface area contributed by atoms with Gasteiger partial charge in [-0.25, -0.2) is 17.2 Å². The highest BCUT2D eigenvalue weighted by atomic mass is 32.2. The number of sulfonamides is 1. The molecule has 6 nitrogen and oxygen atoms in total. The van der Waals surface area contributed by atoms with Crippen LogP contribution in [0.1, 0.15) is 23.2 Å². The largest absolute Gasteiger partial charge is 0.348 e. The maximum atomic E-state index is 13.3. The summed E-state index contributed by atoms with van der Waals surface area (Å²) in [5, 5.41) is 6.13. The molecule has 1 fully saturated rings. The highest BCUT2D eigenvalue weighted by Gasteiger charge is 2.18. The van der Waals surface area contributed by atoms with E-state index in [4.69, 9.17) is 0 Å². The molecule has 27 heavy (non-hydrogen) atoms. The highest BCUT2D eigenvalue weighted by molar-refractivity contribution is 7.92. The van der Waals surface area contributed by atoms with Crippen LogP contribution in [-0.4, -0.2) is 33.5 Å². The molecule has 0 spiro atoms. The molecule has 1 aliphatic rings. The topological polar surface area (TPSA) is 87.3 Å². The van der Waals surface area contributed by atoms with Crippen LogP contribution in [0.5, 0.6) is 0 Å². The number of piperidine rings is 1. The van der Waals surface area contributed by atoms with E-state index in [1.165, 1.54) is 24.3 Å². The number of rotatable bonds is 5. The van der Waals surface area contributed by atoms with Gasteiger partial charge in [-0.3, -0.25) is 9.52 Å². The number of nitrogens with one attached hydrogen (secondary N) is 3. The van der Waals surface area contributed by atoms with Crippen molar-refractivity contribution in [1.29, 1.82) is 0 Å². The van der Waals surface area contributed by atoms with Crippen molar-refractivity contribution in [2.24, 2.45) is 0 Å². The van der Waals surface area contributed by atoms with Crippen molar-refractivity contribution in [2.75, 3.05) is 17.8 Å². The minimum atomic E-state index is -4.07. The monoisotopic (exact) mass is 395 g/mol. The molecule has 3 rings (SSSR count). The minimum absolute atomic E-state index is 0.0674. The van der Waals surface area contributed by atoms with Gasteiger partial charge in [0.05, 0.1) is 4.90 Å². The molecule has 3 N–H and O–H groups in total. The van der Waals surface area contributed by atoms with Crippen molar-refractivity contribution >= 4 is 21.6 Å². The smallest absolute Gasteiger partial charge is 0.261 e. The Hall–Kier alpha value is -2.52. The zero-order valence-corrected chi connectivity index (χ0v) is 15.2. The lowest BCUT2D eigenvalue weighted by atomic mass is 10.1. The number of halogens is 2. The van der Waals surface area contributed by atoms with E-state index < -0.39 is 26.6 Å². The van der Waals surface area contributed by atoms with Crippen molar-refractivity contribution in [1.82, 2.24) is 10.6 Å². The van der Waals surface area contributed by atoms with Crippen LogP contribution < -0.4 is 15.4 Å². The number of hydrogen-bond acceptors (Lipinski definition) is 4. The van der Waals surface area contributed by atoms with Crippen molar-refractivity contribution in [3.8, 4) is 0 Å². The summed E-state index contributed by atoms with van der Waals surface area (Å²) in [7, 11) is -4.07. The lowest BCUT2D eigenvalue weighted by molar-refractivity contribution is 0.0930. The van der Waals surface area contributed by atoms with Crippen molar-refractivity contribution < 1.29 is 22.0 Å². The summed E-state index contributed by atoms with van der Waals surface area (Å²) in [6, 6.07) is 8.26. The summed E-state index contributed by atoms with van der Waals surface area (Å²) in [5.41, 5.74) is 0.604. The van der Waals surface area contributed by atoms with E-state index >= 15 is 0 Å². The Labute approximate surface area is 156 Å². The molecule has 0 unspecified atom stereocenters. The summed E-state index contributed by atoms with van der Waals surface area (Å²) < 4.78 is 53.0. The molecule has 144 valence electrons. The van der Waals surface area contributed by atoms with Gasteiger partial charge in [-0.1, -0.05) is 0 Å². The fourth-order valence-corrected chi connectivity index (χ4v) is 3.86. The van der Waals surface area contributed by atoms with E-state index in [9.17, 15) is 22.0 Å². The fraction of sp³-hybridized carbons (Fsp3) is 0.278. The molecule has 1 amide bonds. The molecule has 1 saturated heterocycles. The van der Waals surface area contributed by atoms with E-state index in [2.05, 4.69) is 15.4 Å². The molecule has 0 radical (unpaired) electrons. The van der Waals surface area contributed by atoms with Gasteiger partial charge in [0.15, 0.2) is 11.6 Å². The molecule has 0 bridgehead atoms. The Morgan fingerprint density at radius 1 is 1.07 bits per heavy atom. The van der Waals surface area contributed by atoms with Gasteiger partial charge in [-0.2, -0.15) is 0 Å². The number of carbonyl (C=O) groups excluding carboxylic acids is 1. The Morgan fingerprint density at radius 3 is 2.44 bits per heavy atom. The molecule has 0 aromatic heterocycles. The number of amides is 1. The first-order valence-electron chi connectivity index (χ1n) is 8.45. The highest BCUT2D eigenvalue weighted by Crippen LogP contribution is 2.19. The maximum Gasteiger partial charge on any atom is 0.261 e. The van der Waals surface area contributed by atoms with Crippen LogP contribution in [-0.2, 0) is 10.0 Å². The van der Waals surface area contributed by atoms with Gasteiger partial charge in [0.1, 0.15) is 0 Å². The molecular weight excluding hydrogens is 376 g/mol. The van der Waals surface area contributed by atoms with Crippen LogP contribution in [0.15, 0.2) is 47.4 Å². The second-order valence-corrected chi connectivity index (χ2v) is 7.96. The van der Waals surface area contributed by atoms with Gasteiger partial charge in [0, 0.05) is 23.8 Å². The zero-order chi connectivity index (χ0) is 19.4. The zero-order valence-electron chi connectivity index (χ0n) is 14.3. The Kier molecular flexibility index (Phi) is 5.71. The quantitative estimate of drug-likeness (QED) is 0.725. The van der Waals surface area contributed by atoms with Gasteiger partial charge in [-0.05, 0) is 61.9 Å². The average Bonchev–Trinajstić information content (AvgIpc) is 2.65. The molecule has 2 aromatic rings. The van der Waals surface area contributed by atoms with Gasteiger partial charge >= 0.3 is 0 Å². The van der Waals surface area contributed by atoms with Crippen LogP contribution in [0.3, 0.4) is 0 Å². The lowest BCUT2D eigenvalue weighted by Crippen LogP contribution is -2.45. The van der Waals surface area contributed by atoms with E-state index in [1.54, 1.807) is 0 Å². The molecule has 9 heteroatoms. The number of hydrogen-bond donors (Lipinski definition) is 3. The van der Waals surface area contributed by atoms with Crippen LogP contribution >= 0.6 is 0 Å². The van der Waals surface area contributed by atoms with E-state index in [1.807, 2.05) is 0 Å². The summed E-state index contributed by atoms with van der Waals surface area (Å²) in [5.74, 6) is -2.61. The van der Waals surface area contributed by atoms with Crippen LogP contribution in [0, 0.1) is 11.6 Å². The average molecular weight is 395 g/mol. The SMILES string of the molecule is O=C(N[C@H]1CCCNC1)c1ccc(NS(=O)(=O)c2ccc(F)c(F)c2)cc1. The van der Waals surface area contributed by atoms with Gasteiger partial charge < -0.3 is 10.6 Å². The molecular formula is C18H19F2N3O3S. The summed E-state index contributed by atoms with van der Waals surface area (Å²) in [4.78, 5) is 11.9. The fourth-order valence-electron chi connectivity index (χ4n) is 2.79. The molecule has 1 atom stereocenters. The lowest BCUT2D eigenvalue weighted by Gasteiger charge is -2.23. The summed E-state index contributed by atoms with van der Waals surface area (Å²) in [6.07, 6.45) is 1.90. The second kappa shape index (κ2) is 8.01. The third kappa shape index (κ3) is 4.81. The molecule has 1 heterocycles. The van der Waals surface area contributed by atoms with Gasteiger partial charge in [-0.15, -0.1) is 0 Å².